The van der Waals surface area contributed by atoms with Gasteiger partial charge >= 0.3 is 11.9 Å². The van der Waals surface area contributed by atoms with Gasteiger partial charge < -0.3 is 48.3 Å². The monoisotopic (exact) mass is 592 g/mol. The van der Waals surface area contributed by atoms with E-state index in [1.165, 1.54) is 0 Å². The van der Waals surface area contributed by atoms with Crippen molar-refractivity contribution in [2.24, 2.45) is 22.2 Å². The van der Waals surface area contributed by atoms with E-state index in [2.05, 4.69) is 38.6 Å². The minimum Gasteiger partial charge on any atom is -0.481 e. The number of thiol groups is 1. The Hall–Kier alpha value is -4.31. The molecule has 41 heavy (non-hydrogen) atoms. The zero-order chi connectivity index (χ0) is 30.5. The number of aliphatic imine (C=N–C) groups is 1. The lowest BCUT2D eigenvalue weighted by molar-refractivity contribution is -0.143. The molecule has 0 radical (unpaired) electrons. The van der Waals surface area contributed by atoms with Crippen LogP contribution in [0.5, 0.6) is 0 Å². The molecule has 0 fully saturated rings. The molecular weight excluding hydrogens is 556 g/mol. The maximum Gasteiger partial charge on any atom is 0.326 e. The Morgan fingerprint density at radius 1 is 0.927 bits per heavy atom. The number of carboxylic acids is 2. The number of carbonyl (C=O) groups is 5. The van der Waals surface area contributed by atoms with Crippen LogP contribution < -0.4 is 33.2 Å². The van der Waals surface area contributed by atoms with Crippen molar-refractivity contribution in [3.8, 4) is 0 Å². The van der Waals surface area contributed by atoms with Crippen molar-refractivity contribution in [1.82, 2.24) is 20.9 Å². The maximum atomic E-state index is 13.0. The van der Waals surface area contributed by atoms with E-state index in [1.807, 2.05) is 24.3 Å². The van der Waals surface area contributed by atoms with Gasteiger partial charge in [-0.1, -0.05) is 18.2 Å². The highest BCUT2D eigenvalue weighted by Crippen LogP contribution is 2.18. The molecular formula is C25H36N8O7S. The molecule has 12 N–H and O–H groups in total. The van der Waals surface area contributed by atoms with Crippen LogP contribution in [-0.2, 0) is 30.4 Å². The smallest absolute Gasteiger partial charge is 0.326 e. The van der Waals surface area contributed by atoms with Crippen molar-refractivity contribution in [3.05, 3.63) is 36.0 Å². The van der Waals surface area contributed by atoms with E-state index < -0.39 is 60.2 Å². The lowest BCUT2D eigenvalue weighted by Crippen LogP contribution is -2.57. The summed E-state index contributed by atoms with van der Waals surface area (Å²) < 4.78 is 0. The Labute approximate surface area is 241 Å². The number of rotatable bonds is 17. The Kier molecular flexibility index (Phi) is 12.9. The molecule has 2 aromatic rings. The van der Waals surface area contributed by atoms with Gasteiger partial charge in [-0.2, -0.15) is 12.6 Å². The highest BCUT2D eigenvalue weighted by molar-refractivity contribution is 7.80. The number of aliphatic carboxylic acids is 2. The van der Waals surface area contributed by atoms with Crippen LogP contribution in [0.25, 0.3) is 10.9 Å². The summed E-state index contributed by atoms with van der Waals surface area (Å²) in [5, 5.41) is 26.7. The van der Waals surface area contributed by atoms with Gasteiger partial charge in [0, 0.05) is 35.8 Å². The summed E-state index contributed by atoms with van der Waals surface area (Å²) in [6, 6.07) is 2.52. The molecule has 0 aliphatic heterocycles. The summed E-state index contributed by atoms with van der Waals surface area (Å²) in [6.07, 6.45) is 1.31. The molecule has 1 aromatic heterocycles. The number of nitrogens with zero attached hydrogens (tertiary/aromatic N) is 1. The van der Waals surface area contributed by atoms with E-state index in [4.69, 9.17) is 22.3 Å². The van der Waals surface area contributed by atoms with Gasteiger partial charge in [-0.15, -0.1) is 0 Å². The van der Waals surface area contributed by atoms with Crippen LogP contribution in [0, 0.1) is 0 Å². The number of H-pyrrole nitrogens is 1. The second-order valence-electron chi connectivity index (χ2n) is 9.26. The van der Waals surface area contributed by atoms with Crippen LogP contribution in [0.1, 0.15) is 31.2 Å². The molecule has 0 saturated carbocycles. The second-order valence-corrected chi connectivity index (χ2v) is 9.62. The summed E-state index contributed by atoms with van der Waals surface area (Å²) in [5.41, 5.74) is 18.3. The number of carboxylic acid groups (broad SMARTS) is 2. The summed E-state index contributed by atoms with van der Waals surface area (Å²) in [5.74, 6) is -5.26. The minimum atomic E-state index is -1.41. The van der Waals surface area contributed by atoms with Crippen molar-refractivity contribution in [2.45, 2.75) is 56.3 Å². The Morgan fingerprint density at radius 3 is 2.20 bits per heavy atom. The largest absolute Gasteiger partial charge is 0.481 e. The zero-order valence-electron chi connectivity index (χ0n) is 22.2. The summed E-state index contributed by atoms with van der Waals surface area (Å²) in [6.45, 7) is 0.132. The fourth-order valence-electron chi connectivity index (χ4n) is 3.95. The quantitative estimate of drug-likeness (QED) is 0.0436. The van der Waals surface area contributed by atoms with Gasteiger partial charge in [-0.25, -0.2) is 4.79 Å². The molecule has 2 rings (SSSR count). The van der Waals surface area contributed by atoms with Gasteiger partial charge in [0.1, 0.15) is 18.1 Å². The predicted molar refractivity (Wildman–Crippen MR) is 154 cm³/mol. The third kappa shape index (κ3) is 10.6. The molecule has 0 bridgehead atoms. The van der Waals surface area contributed by atoms with E-state index in [0.29, 0.717) is 0 Å². The van der Waals surface area contributed by atoms with Crippen molar-refractivity contribution < 1.29 is 34.2 Å². The molecule has 1 aromatic carbocycles. The summed E-state index contributed by atoms with van der Waals surface area (Å²) in [4.78, 5) is 68.3. The first-order valence-corrected chi connectivity index (χ1v) is 13.4. The number of carbonyl (C=O) groups excluding carboxylic acids is 3. The Balaban J connectivity index is 2.04. The number of guanidine groups is 1. The average molecular weight is 593 g/mol. The standard InChI is InChI=1S/C25H36N8O7S/c26-15(10-13-11-30-16-5-2-1-4-14(13)16)21(36)33-19(12-41)23(38)31-17(7-8-20(34)35)22(37)32-18(24(39)40)6-3-9-29-25(27)28/h1-2,4-5,11,15,17-19,30,41H,3,6-10,12,26H2,(H,31,38)(H,32,37)(H,33,36)(H,34,35)(H,39,40)(H4,27,28,29). The maximum absolute atomic E-state index is 13.0. The number of fused-ring (bicyclic) bond motifs is 1. The lowest BCUT2D eigenvalue weighted by atomic mass is 10.0. The molecule has 0 saturated heterocycles. The van der Waals surface area contributed by atoms with Gasteiger partial charge in [-0.05, 0) is 37.3 Å². The zero-order valence-corrected chi connectivity index (χ0v) is 23.1. The molecule has 224 valence electrons. The average Bonchev–Trinajstić information content (AvgIpc) is 3.33. The third-order valence-corrected chi connectivity index (χ3v) is 6.47. The lowest BCUT2D eigenvalue weighted by Gasteiger charge is -2.24. The van der Waals surface area contributed by atoms with E-state index in [-0.39, 0.29) is 43.9 Å². The highest BCUT2D eigenvalue weighted by atomic mass is 32.1. The van der Waals surface area contributed by atoms with Crippen LogP contribution in [0.15, 0.2) is 35.5 Å². The van der Waals surface area contributed by atoms with E-state index in [0.717, 1.165) is 16.5 Å². The van der Waals surface area contributed by atoms with Gasteiger partial charge in [0.15, 0.2) is 5.96 Å². The van der Waals surface area contributed by atoms with E-state index in [9.17, 15) is 29.1 Å². The number of para-hydroxylation sites is 1. The number of aromatic amines is 1. The van der Waals surface area contributed by atoms with Gasteiger partial charge in [0.25, 0.3) is 0 Å². The second kappa shape index (κ2) is 16.1. The predicted octanol–water partition coefficient (Wildman–Crippen LogP) is -1.58. The fraction of sp³-hybridized carbons (Fsp3) is 0.440. The number of hydrogen-bond acceptors (Lipinski definition) is 8. The van der Waals surface area contributed by atoms with Crippen LogP contribution in [-0.4, -0.2) is 87.3 Å². The SMILES string of the molecule is NC(N)=NCCCC(NC(=O)C(CCC(=O)O)NC(=O)C(CS)NC(=O)C(N)Cc1c[nH]c2ccccc12)C(=O)O. The van der Waals surface area contributed by atoms with E-state index >= 15 is 0 Å². The first-order valence-electron chi connectivity index (χ1n) is 12.8. The van der Waals surface area contributed by atoms with Crippen molar-refractivity contribution in [3.63, 3.8) is 0 Å². The number of amides is 3. The van der Waals surface area contributed by atoms with Gasteiger partial charge in [0.2, 0.25) is 17.7 Å². The summed E-state index contributed by atoms with van der Waals surface area (Å²) >= 11 is 4.12. The molecule has 4 unspecified atom stereocenters. The fourth-order valence-corrected chi connectivity index (χ4v) is 4.20. The normalized spacial score (nSPS) is 13.8. The minimum absolute atomic E-state index is 0.0267. The number of aromatic nitrogens is 1. The van der Waals surface area contributed by atoms with Crippen LogP contribution in [0.2, 0.25) is 0 Å². The van der Waals surface area contributed by atoms with Gasteiger partial charge in [-0.3, -0.25) is 24.2 Å². The highest BCUT2D eigenvalue weighted by Gasteiger charge is 2.30. The van der Waals surface area contributed by atoms with Crippen molar-refractivity contribution in [1.29, 1.82) is 0 Å². The summed E-state index contributed by atoms with van der Waals surface area (Å²) in [7, 11) is 0. The van der Waals surface area contributed by atoms with Gasteiger partial charge in [0.05, 0.1) is 6.04 Å². The molecule has 0 aliphatic carbocycles. The molecule has 0 spiro atoms. The molecule has 16 heteroatoms. The molecule has 0 aliphatic rings. The van der Waals surface area contributed by atoms with Crippen LogP contribution >= 0.6 is 12.6 Å². The number of nitrogens with one attached hydrogen (secondary N) is 4. The Bertz CT molecular complexity index is 1260. The molecule has 3 amide bonds. The molecule has 4 atom stereocenters. The van der Waals surface area contributed by atoms with Crippen molar-refractivity contribution >= 4 is 59.2 Å². The number of nitrogens with two attached hydrogens (primary N) is 3. The van der Waals surface area contributed by atoms with Crippen LogP contribution in [0.4, 0.5) is 0 Å². The van der Waals surface area contributed by atoms with E-state index in [1.54, 1.807) is 6.20 Å². The van der Waals surface area contributed by atoms with Crippen molar-refractivity contribution in [2.75, 3.05) is 12.3 Å². The van der Waals surface area contributed by atoms with Crippen LogP contribution in [0.3, 0.4) is 0 Å². The topological polar surface area (TPSA) is 268 Å². The first-order chi connectivity index (χ1) is 19.4. The number of benzene rings is 1. The molecule has 15 nitrogen and oxygen atoms in total. The third-order valence-electron chi connectivity index (χ3n) is 6.11. The Morgan fingerprint density at radius 2 is 1.56 bits per heavy atom. The number of hydrogen-bond donors (Lipinski definition) is 10. The first kappa shape index (κ1) is 32.9. The molecule has 1 heterocycles.